The number of carbonyl (C=O) groups is 4. The molecule has 0 saturated heterocycles. The number of carbonyl (C=O) groups excluding carboxylic acids is 2. The van der Waals surface area contributed by atoms with Crippen molar-refractivity contribution in [1.29, 1.82) is 0 Å². The van der Waals surface area contributed by atoms with E-state index in [9.17, 15) is 29.4 Å². The second kappa shape index (κ2) is 13.4. The van der Waals surface area contributed by atoms with E-state index in [1.165, 1.54) is 6.07 Å². The number of carboxylic acids is 2. The van der Waals surface area contributed by atoms with Gasteiger partial charge in [-0.05, 0) is 60.5 Å². The number of amides is 2. The molecule has 2 amide bonds. The Morgan fingerprint density at radius 3 is 1.36 bits per heavy atom. The fraction of sp³-hybridized carbons (Fsp3) is 0.583. The van der Waals surface area contributed by atoms with Crippen molar-refractivity contribution in [2.24, 2.45) is 0 Å². The van der Waals surface area contributed by atoms with E-state index in [1.807, 2.05) is 0 Å². The zero-order valence-corrected chi connectivity index (χ0v) is 21.6. The molecule has 1 aromatic carbocycles. The van der Waals surface area contributed by atoms with Gasteiger partial charge in [0.15, 0.2) is 0 Å². The maximum Gasteiger partial charge on any atom is 0.407 e. The standard InChI is InChI=1S/C24H36N2O10/c1-23(2,3)35-21(31)25-9-7-11-33-17-14-18(16(20(29)30)13-15(17)19(27)28)34-12-8-10-26-22(32)36-24(4,5)6/h13-14H,7-12H2,1-6H3,(H,25,31)(H,26,32)(H,27,28)(H,29,30). The fourth-order valence-corrected chi connectivity index (χ4v) is 2.65. The molecule has 1 rings (SSSR count). The average Bonchev–Trinajstić information content (AvgIpc) is 2.70. The zero-order chi connectivity index (χ0) is 27.5. The molecular weight excluding hydrogens is 476 g/mol. The van der Waals surface area contributed by atoms with Crippen LogP contribution in [-0.2, 0) is 9.47 Å². The molecule has 0 saturated carbocycles. The van der Waals surface area contributed by atoms with Gasteiger partial charge in [-0.25, -0.2) is 19.2 Å². The summed E-state index contributed by atoms with van der Waals surface area (Å²) in [6.07, 6.45) is -0.496. The van der Waals surface area contributed by atoms with Crippen LogP contribution in [0.15, 0.2) is 12.1 Å². The predicted octanol–water partition coefficient (Wildman–Crippen LogP) is 3.67. The highest BCUT2D eigenvalue weighted by Crippen LogP contribution is 2.30. The predicted molar refractivity (Wildman–Crippen MR) is 129 cm³/mol. The van der Waals surface area contributed by atoms with Crippen molar-refractivity contribution in [1.82, 2.24) is 10.6 Å². The van der Waals surface area contributed by atoms with E-state index in [1.54, 1.807) is 41.5 Å². The quantitative estimate of drug-likeness (QED) is 0.303. The van der Waals surface area contributed by atoms with Gasteiger partial charge in [0.2, 0.25) is 0 Å². The summed E-state index contributed by atoms with van der Waals surface area (Å²) in [4.78, 5) is 46.6. The highest BCUT2D eigenvalue weighted by molar-refractivity contribution is 5.98. The van der Waals surface area contributed by atoms with Crippen LogP contribution in [0.5, 0.6) is 11.5 Å². The number of alkyl carbamates (subject to hydrolysis) is 2. The summed E-state index contributed by atoms with van der Waals surface area (Å²) in [5.74, 6) is -2.89. The van der Waals surface area contributed by atoms with Crippen LogP contribution in [0.1, 0.15) is 75.1 Å². The Hall–Kier alpha value is -3.70. The molecule has 1 aromatic rings. The van der Waals surface area contributed by atoms with Crippen molar-refractivity contribution in [3.05, 3.63) is 23.3 Å². The van der Waals surface area contributed by atoms with Crippen molar-refractivity contribution < 1.29 is 48.3 Å². The summed E-state index contributed by atoms with van der Waals surface area (Å²) in [6, 6.07) is 2.17. The smallest absolute Gasteiger partial charge is 0.407 e. The summed E-state index contributed by atoms with van der Waals surface area (Å²) < 4.78 is 21.3. The van der Waals surface area contributed by atoms with Gasteiger partial charge < -0.3 is 39.8 Å². The Kier molecular flexibility index (Phi) is 11.3. The van der Waals surface area contributed by atoms with Crippen LogP contribution in [0.4, 0.5) is 9.59 Å². The lowest BCUT2D eigenvalue weighted by atomic mass is 10.1. The van der Waals surface area contributed by atoms with Crippen LogP contribution in [-0.4, -0.2) is 71.8 Å². The molecule has 0 fully saturated rings. The van der Waals surface area contributed by atoms with E-state index < -0.39 is 35.3 Å². The molecular formula is C24H36N2O10. The summed E-state index contributed by atoms with van der Waals surface area (Å²) in [5.41, 5.74) is -1.95. The van der Waals surface area contributed by atoms with Crippen LogP contribution < -0.4 is 20.1 Å². The van der Waals surface area contributed by atoms with Crippen molar-refractivity contribution >= 4 is 24.1 Å². The van der Waals surface area contributed by atoms with Gasteiger partial charge in [0.1, 0.15) is 33.8 Å². The van der Waals surface area contributed by atoms with E-state index in [-0.39, 0.29) is 48.9 Å². The second-order valence-corrected chi connectivity index (χ2v) is 9.72. The molecule has 0 unspecified atom stereocenters. The molecule has 0 aliphatic heterocycles. The number of hydrogen-bond acceptors (Lipinski definition) is 8. The van der Waals surface area contributed by atoms with E-state index >= 15 is 0 Å². The summed E-state index contributed by atoms with van der Waals surface area (Å²) >= 11 is 0. The fourth-order valence-electron chi connectivity index (χ4n) is 2.65. The molecule has 0 aliphatic rings. The van der Waals surface area contributed by atoms with Gasteiger partial charge >= 0.3 is 24.1 Å². The van der Waals surface area contributed by atoms with E-state index in [2.05, 4.69) is 10.6 Å². The Morgan fingerprint density at radius 2 is 1.06 bits per heavy atom. The van der Waals surface area contributed by atoms with Crippen molar-refractivity contribution in [3.8, 4) is 11.5 Å². The first kappa shape index (κ1) is 30.3. The lowest BCUT2D eigenvalue weighted by Gasteiger charge is -2.19. The number of ether oxygens (including phenoxy) is 4. The molecule has 36 heavy (non-hydrogen) atoms. The number of carboxylic acid groups (broad SMARTS) is 2. The van der Waals surface area contributed by atoms with E-state index in [0.29, 0.717) is 12.8 Å². The maximum absolute atomic E-state index is 11.7. The normalized spacial score (nSPS) is 11.3. The number of rotatable bonds is 12. The van der Waals surface area contributed by atoms with Crippen molar-refractivity contribution in [3.63, 3.8) is 0 Å². The summed E-state index contributed by atoms with van der Waals surface area (Å²) in [7, 11) is 0. The Balaban J connectivity index is 2.73. The maximum atomic E-state index is 11.7. The SMILES string of the molecule is CC(C)(C)OC(=O)NCCCOc1cc(OCCCNC(=O)OC(C)(C)C)c(C(=O)O)cc1C(=O)O. The molecule has 0 aromatic heterocycles. The minimum Gasteiger partial charge on any atom is -0.492 e. The van der Waals surface area contributed by atoms with Crippen LogP contribution in [0.3, 0.4) is 0 Å². The summed E-state index contributed by atoms with van der Waals surface area (Å²) in [6.45, 7) is 11.0. The van der Waals surface area contributed by atoms with Crippen LogP contribution >= 0.6 is 0 Å². The molecule has 0 atom stereocenters. The van der Waals surface area contributed by atoms with Crippen molar-refractivity contribution in [2.45, 2.75) is 65.6 Å². The topological polar surface area (TPSA) is 170 Å². The van der Waals surface area contributed by atoms with E-state index in [4.69, 9.17) is 18.9 Å². The van der Waals surface area contributed by atoms with Gasteiger partial charge in [0.05, 0.1) is 13.2 Å². The molecule has 0 heterocycles. The van der Waals surface area contributed by atoms with Gasteiger partial charge in [0, 0.05) is 19.2 Å². The molecule has 12 heteroatoms. The molecule has 0 spiro atoms. The number of nitrogens with one attached hydrogen (secondary N) is 2. The van der Waals surface area contributed by atoms with Crippen LogP contribution in [0.25, 0.3) is 0 Å². The van der Waals surface area contributed by atoms with Crippen LogP contribution in [0.2, 0.25) is 0 Å². The number of benzene rings is 1. The monoisotopic (exact) mass is 512 g/mol. The first-order chi connectivity index (χ1) is 16.6. The number of hydrogen-bond donors (Lipinski definition) is 4. The minimum atomic E-state index is -1.37. The molecule has 12 nitrogen and oxygen atoms in total. The van der Waals surface area contributed by atoms with Crippen LogP contribution in [0, 0.1) is 0 Å². The average molecular weight is 513 g/mol. The highest BCUT2D eigenvalue weighted by atomic mass is 16.6. The van der Waals surface area contributed by atoms with E-state index in [0.717, 1.165) is 6.07 Å². The second-order valence-electron chi connectivity index (χ2n) is 9.72. The number of aromatic carboxylic acids is 2. The Morgan fingerprint density at radius 1 is 0.694 bits per heavy atom. The molecule has 0 aliphatic carbocycles. The largest absolute Gasteiger partial charge is 0.492 e. The first-order valence-electron chi connectivity index (χ1n) is 11.4. The zero-order valence-electron chi connectivity index (χ0n) is 21.6. The third-order valence-corrected chi connectivity index (χ3v) is 4.04. The Labute approximate surface area is 210 Å². The van der Waals surface area contributed by atoms with Crippen molar-refractivity contribution in [2.75, 3.05) is 26.3 Å². The Bertz CT molecular complexity index is 861. The molecule has 0 bridgehead atoms. The highest BCUT2D eigenvalue weighted by Gasteiger charge is 2.21. The molecule has 4 N–H and O–H groups in total. The van der Waals surface area contributed by atoms with Gasteiger partial charge in [-0.15, -0.1) is 0 Å². The van der Waals surface area contributed by atoms with Gasteiger partial charge in [-0.1, -0.05) is 0 Å². The third-order valence-electron chi connectivity index (χ3n) is 4.04. The molecule has 202 valence electrons. The molecule has 0 radical (unpaired) electrons. The van der Waals surface area contributed by atoms with Gasteiger partial charge in [-0.2, -0.15) is 0 Å². The van der Waals surface area contributed by atoms with Gasteiger partial charge in [-0.3, -0.25) is 0 Å². The lowest BCUT2D eigenvalue weighted by Crippen LogP contribution is -2.33. The third kappa shape index (κ3) is 12.1. The first-order valence-corrected chi connectivity index (χ1v) is 11.4. The lowest BCUT2D eigenvalue weighted by molar-refractivity contribution is 0.0513. The summed E-state index contributed by atoms with van der Waals surface area (Å²) in [5, 5.41) is 24.1. The van der Waals surface area contributed by atoms with Gasteiger partial charge in [0.25, 0.3) is 0 Å². The minimum absolute atomic E-state index is 0.0434.